The molecule has 190 valence electrons. The van der Waals surface area contributed by atoms with E-state index in [9.17, 15) is 17.6 Å². The summed E-state index contributed by atoms with van der Waals surface area (Å²) < 4.78 is 59.7. The summed E-state index contributed by atoms with van der Waals surface area (Å²) in [5.41, 5.74) is -0.408. The molecule has 2 saturated heterocycles. The molecule has 0 bridgehead atoms. The van der Waals surface area contributed by atoms with Crippen molar-refractivity contribution in [2.75, 3.05) is 43.1 Å². The van der Waals surface area contributed by atoms with Crippen LogP contribution >= 0.6 is 12.2 Å². The number of hydrogen-bond acceptors (Lipinski definition) is 5. The average Bonchev–Trinajstić information content (AvgIpc) is 2.83. The van der Waals surface area contributed by atoms with E-state index in [0.29, 0.717) is 51.6 Å². The van der Waals surface area contributed by atoms with Gasteiger partial charge in [0.1, 0.15) is 11.6 Å². The third-order valence-corrected chi connectivity index (χ3v) is 6.95. The maximum atomic E-state index is 13.6. The van der Waals surface area contributed by atoms with Gasteiger partial charge in [0.2, 0.25) is 5.95 Å². The summed E-state index contributed by atoms with van der Waals surface area (Å²) in [7, 11) is 0. The number of ether oxygens (including phenoxy) is 1. The fourth-order valence-electron chi connectivity index (χ4n) is 4.72. The number of nitrogens with zero attached hydrogens (tertiary/aromatic N) is 3. The number of rotatable bonds is 5. The largest absolute Gasteiger partial charge is 0.433 e. The van der Waals surface area contributed by atoms with Crippen molar-refractivity contribution in [3.8, 4) is 0 Å². The summed E-state index contributed by atoms with van der Waals surface area (Å²) in [5.74, 6) is 0.0841. The van der Waals surface area contributed by atoms with Crippen LogP contribution in [0.3, 0.4) is 0 Å². The molecular formula is C24H29F4N5OS. The lowest BCUT2D eigenvalue weighted by atomic mass is 9.74. The first kappa shape index (κ1) is 25.6. The van der Waals surface area contributed by atoms with Crippen molar-refractivity contribution in [3.05, 3.63) is 47.4 Å². The third kappa shape index (κ3) is 6.38. The Morgan fingerprint density at radius 2 is 1.91 bits per heavy atom. The van der Waals surface area contributed by atoms with Crippen LogP contribution in [-0.4, -0.2) is 47.9 Å². The smallest absolute Gasteiger partial charge is 0.381 e. The van der Waals surface area contributed by atoms with Gasteiger partial charge in [-0.15, -0.1) is 0 Å². The summed E-state index contributed by atoms with van der Waals surface area (Å²) in [5, 5.41) is 5.98. The SMILES string of the molecule is C[C@@H]1CCCN(c2cc(C(F)(F)F)nc(NC(=S)NCC3(c4ccc(F)cc4)CCOCC3)n2)C1. The van der Waals surface area contributed by atoms with Crippen LogP contribution in [0.25, 0.3) is 0 Å². The van der Waals surface area contributed by atoms with Crippen LogP contribution in [0.4, 0.5) is 29.3 Å². The van der Waals surface area contributed by atoms with E-state index in [-0.39, 0.29) is 28.1 Å². The summed E-state index contributed by atoms with van der Waals surface area (Å²) in [6.45, 7) is 4.86. The van der Waals surface area contributed by atoms with Crippen molar-refractivity contribution in [2.24, 2.45) is 5.92 Å². The molecule has 0 spiro atoms. The zero-order valence-corrected chi connectivity index (χ0v) is 20.3. The van der Waals surface area contributed by atoms with Gasteiger partial charge in [0.15, 0.2) is 10.8 Å². The second-order valence-electron chi connectivity index (χ2n) is 9.33. The van der Waals surface area contributed by atoms with Crippen molar-refractivity contribution < 1.29 is 22.3 Å². The van der Waals surface area contributed by atoms with Crippen LogP contribution in [0, 0.1) is 11.7 Å². The van der Waals surface area contributed by atoms with E-state index in [1.54, 1.807) is 12.1 Å². The monoisotopic (exact) mass is 511 g/mol. The molecule has 0 amide bonds. The molecule has 2 aliphatic rings. The van der Waals surface area contributed by atoms with Crippen LogP contribution < -0.4 is 15.5 Å². The molecule has 0 saturated carbocycles. The van der Waals surface area contributed by atoms with E-state index in [1.165, 1.54) is 12.1 Å². The lowest BCUT2D eigenvalue weighted by Crippen LogP contribution is -2.45. The zero-order chi connectivity index (χ0) is 25.1. The Bertz CT molecular complexity index is 1030. The van der Waals surface area contributed by atoms with E-state index >= 15 is 0 Å². The Morgan fingerprint density at radius 1 is 1.20 bits per heavy atom. The van der Waals surface area contributed by atoms with Crippen LogP contribution in [-0.2, 0) is 16.3 Å². The molecule has 0 radical (unpaired) electrons. The van der Waals surface area contributed by atoms with Crippen LogP contribution in [0.15, 0.2) is 30.3 Å². The van der Waals surface area contributed by atoms with Crippen molar-refractivity contribution in [1.29, 1.82) is 0 Å². The number of nitrogens with one attached hydrogen (secondary N) is 2. The van der Waals surface area contributed by atoms with Gasteiger partial charge in [0, 0.05) is 44.3 Å². The summed E-state index contributed by atoms with van der Waals surface area (Å²) in [4.78, 5) is 9.87. The van der Waals surface area contributed by atoms with Crippen LogP contribution in [0.2, 0.25) is 0 Å². The Labute approximate surface area is 207 Å². The summed E-state index contributed by atoms with van der Waals surface area (Å²) in [6, 6.07) is 7.33. The van der Waals surface area contributed by atoms with Gasteiger partial charge in [0.05, 0.1) is 0 Å². The maximum Gasteiger partial charge on any atom is 0.433 e. The Morgan fingerprint density at radius 3 is 2.57 bits per heavy atom. The van der Waals surface area contributed by atoms with E-state index in [4.69, 9.17) is 17.0 Å². The van der Waals surface area contributed by atoms with Crippen molar-refractivity contribution >= 4 is 29.1 Å². The molecule has 11 heteroatoms. The summed E-state index contributed by atoms with van der Waals surface area (Å²) in [6.07, 6.45) is -1.28. The molecule has 2 fully saturated rings. The van der Waals surface area contributed by atoms with Gasteiger partial charge in [-0.05, 0) is 61.5 Å². The molecule has 1 atom stereocenters. The maximum absolute atomic E-state index is 13.6. The fraction of sp³-hybridized carbons (Fsp3) is 0.542. The fourth-order valence-corrected chi connectivity index (χ4v) is 4.89. The highest BCUT2D eigenvalue weighted by molar-refractivity contribution is 7.80. The van der Waals surface area contributed by atoms with Gasteiger partial charge in [-0.1, -0.05) is 19.1 Å². The molecule has 0 aliphatic carbocycles. The van der Waals surface area contributed by atoms with Gasteiger partial charge in [-0.25, -0.2) is 9.37 Å². The highest BCUT2D eigenvalue weighted by atomic mass is 32.1. The molecule has 2 N–H and O–H groups in total. The topological polar surface area (TPSA) is 62.3 Å². The standard InChI is InChI=1S/C24H29F4N5OS/c1-16-3-2-10-33(14-16)20-13-19(24(26,27)28)30-21(31-20)32-22(35)29-15-23(8-11-34-12-9-23)17-4-6-18(25)7-5-17/h4-7,13,16H,2-3,8-12,14-15H2,1H3,(H2,29,30,31,32,35)/t16-/m1/s1. The minimum Gasteiger partial charge on any atom is -0.381 e. The molecule has 2 aliphatic heterocycles. The van der Waals surface area contributed by atoms with Gasteiger partial charge < -0.3 is 20.3 Å². The second-order valence-corrected chi connectivity index (χ2v) is 9.74. The lowest BCUT2D eigenvalue weighted by Gasteiger charge is -2.38. The molecular weight excluding hydrogens is 482 g/mol. The molecule has 4 rings (SSSR count). The minimum atomic E-state index is -4.61. The van der Waals surface area contributed by atoms with Gasteiger partial charge in [-0.3, -0.25) is 0 Å². The normalized spacial score (nSPS) is 20.4. The number of thiocarbonyl (C=S) groups is 1. The number of benzene rings is 1. The molecule has 6 nitrogen and oxygen atoms in total. The predicted octanol–water partition coefficient (Wildman–Crippen LogP) is 4.91. The van der Waals surface area contributed by atoms with Crippen molar-refractivity contribution in [3.63, 3.8) is 0 Å². The first-order valence-corrected chi connectivity index (χ1v) is 12.2. The quantitative estimate of drug-likeness (QED) is 0.437. The molecule has 35 heavy (non-hydrogen) atoms. The van der Waals surface area contributed by atoms with Gasteiger partial charge in [0.25, 0.3) is 0 Å². The van der Waals surface area contributed by atoms with E-state index in [2.05, 4.69) is 27.5 Å². The van der Waals surface area contributed by atoms with E-state index in [0.717, 1.165) is 24.5 Å². The number of piperidine rings is 1. The zero-order valence-electron chi connectivity index (χ0n) is 19.5. The lowest BCUT2D eigenvalue weighted by molar-refractivity contribution is -0.141. The molecule has 1 aromatic heterocycles. The first-order valence-electron chi connectivity index (χ1n) is 11.7. The van der Waals surface area contributed by atoms with E-state index < -0.39 is 11.9 Å². The Hall–Kier alpha value is -2.53. The highest BCUT2D eigenvalue weighted by Gasteiger charge is 2.36. The molecule has 1 aromatic carbocycles. The molecule has 0 unspecified atom stereocenters. The minimum absolute atomic E-state index is 0.121. The number of alkyl halides is 3. The predicted molar refractivity (Wildman–Crippen MR) is 130 cm³/mol. The van der Waals surface area contributed by atoms with Crippen molar-refractivity contribution in [2.45, 2.75) is 44.2 Å². The first-order chi connectivity index (χ1) is 16.6. The highest BCUT2D eigenvalue weighted by Crippen LogP contribution is 2.35. The number of aromatic nitrogens is 2. The van der Waals surface area contributed by atoms with Gasteiger partial charge in [-0.2, -0.15) is 18.2 Å². The Kier molecular flexibility index (Phi) is 7.75. The molecule has 2 aromatic rings. The number of anilines is 2. The number of halogens is 4. The number of hydrogen-bond donors (Lipinski definition) is 2. The third-order valence-electron chi connectivity index (χ3n) is 6.70. The Balaban J connectivity index is 1.50. The van der Waals surface area contributed by atoms with Crippen molar-refractivity contribution in [1.82, 2.24) is 15.3 Å². The van der Waals surface area contributed by atoms with Crippen LogP contribution in [0.1, 0.15) is 43.9 Å². The van der Waals surface area contributed by atoms with Crippen LogP contribution in [0.5, 0.6) is 0 Å². The van der Waals surface area contributed by atoms with Gasteiger partial charge >= 0.3 is 6.18 Å². The molecule has 3 heterocycles. The summed E-state index contributed by atoms with van der Waals surface area (Å²) >= 11 is 5.39. The van der Waals surface area contributed by atoms with E-state index in [1.807, 2.05) is 4.90 Å². The average molecular weight is 512 g/mol. The second kappa shape index (κ2) is 10.6.